The first-order chi connectivity index (χ1) is 15.0. The fourth-order valence-electron chi connectivity index (χ4n) is 2.76. The number of hydrogen-bond donors (Lipinski definition) is 3. The van der Waals surface area contributed by atoms with Crippen molar-refractivity contribution in [3.63, 3.8) is 0 Å². The van der Waals surface area contributed by atoms with Crippen molar-refractivity contribution >= 4 is 11.9 Å². The molecular formula is C22H27NO8. The minimum absolute atomic E-state index is 0.0336. The number of methoxy groups -OCH3 is 1. The van der Waals surface area contributed by atoms with Crippen molar-refractivity contribution in [1.29, 1.82) is 0 Å². The van der Waals surface area contributed by atoms with Gasteiger partial charge in [-0.3, -0.25) is 0 Å². The van der Waals surface area contributed by atoms with Crippen LogP contribution in [0.5, 0.6) is 11.5 Å². The molecule has 9 heteroatoms. The monoisotopic (exact) mass is 433 g/mol. The van der Waals surface area contributed by atoms with E-state index in [4.69, 9.17) is 38.7 Å². The fraction of sp³-hybridized carbons (Fsp3) is 0.364. The van der Waals surface area contributed by atoms with Gasteiger partial charge in [0.15, 0.2) is 11.5 Å². The second-order valence-electron chi connectivity index (χ2n) is 6.50. The van der Waals surface area contributed by atoms with Crippen LogP contribution in [0.3, 0.4) is 0 Å². The molecule has 31 heavy (non-hydrogen) atoms. The third-order valence-corrected chi connectivity index (χ3v) is 4.30. The van der Waals surface area contributed by atoms with Gasteiger partial charge in [0.2, 0.25) is 0 Å². The molecule has 2 atom stereocenters. The van der Waals surface area contributed by atoms with Gasteiger partial charge in [-0.2, -0.15) is 0 Å². The van der Waals surface area contributed by atoms with Gasteiger partial charge in [-0.1, -0.05) is 42.5 Å². The van der Waals surface area contributed by atoms with Crippen molar-refractivity contribution in [2.75, 3.05) is 40.0 Å². The highest BCUT2D eigenvalue weighted by atomic mass is 16.6. The molecule has 2 aromatic carbocycles. The third-order valence-electron chi connectivity index (χ3n) is 4.30. The maximum atomic E-state index is 9.10. The van der Waals surface area contributed by atoms with Crippen molar-refractivity contribution in [3.05, 3.63) is 60.2 Å². The van der Waals surface area contributed by atoms with Crippen LogP contribution in [0.25, 0.3) is 0 Å². The van der Waals surface area contributed by atoms with Gasteiger partial charge in [0.25, 0.3) is 0 Å². The van der Waals surface area contributed by atoms with Gasteiger partial charge in [-0.25, -0.2) is 9.59 Å². The van der Waals surface area contributed by atoms with Crippen LogP contribution in [0.1, 0.15) is 11.7 Å². The van der Waals surface area contributed by atoms with Crippen LogP contribution in [0, 0.1) is 0 Å². The van der Waals surface area contributed by atoms with E-state index in [9.17, 15) is 0 Å². The Hall–Kier alpha value is -3.14. The second kappa shape index (κ2) is 13.2. The Balaban J connectivity index is 0.000000501. The van der Waals surface area contributed by atoms with Crippen molar-refractivity contribution in [1.82, 2.24) is 5.32 Å². The minimum atomic E-state index is -1.82. The van der Waals surface area contributed by atoms with Crippen molar-refractivity contribution in [2.24, 2.45) is 0 Å². The molecule has 1 aliphatic rings. The quantitative estimate of drug-likeness (QED) is 0.423. The van der Waals surface area contributed by atoms with Crippen molar-refractivity contribution < 1.29 is 38.7 Å². The van der Waals surface area contributed by atoms with Gasteiger partial charge in [-0.15, -0.1) is 0 Å². The van der Waals surface area contributed by atoms with Gasteiger partial charge in [-0.05, 0) is 17.7 Å². The van der Waals surface area contributed by atoms with Gasteiger partial charge in [0.1, 0.15) is 12.7 Å². The lowest BCUT2D eigenvalue weighted by atomic mass is 10.1. The predicted molar refractivity (Wildman–Crippen MR) is 112 cm³/mol. The van der Waals surface area contributed by atoms with E-state index in [-0.39, 0.29) is 12.2 Å². The summed E-state index contributed by atoms with van der Waals surface area (Å²) >= 11 is 0. The first kappa shape index (κ1) is 24.1. The molecule has 0 amide bonds. The first-order valence-corrected chi connectivity index (χ1v) is 9.72. The van der Waals surface area contributed by atoms with E-state index >= 15 is 0 Å². The topological polar surface area (TPSA) is 124 Å². The van der Waals surface area contributed by atoms with E-state index in [1.54, 1.807) is 7.11 Å². The zero-order valence-electron chi connectivity index (χ0n) is 17.2. The van der Waals surface area contributed by atoms with Crippen molar-refractivity contribution in [2.45, 2.75) is 12.2 Å². The Morgan fingerprint density at radius 3 is 2.19 bits per heavy atom. The van der Waals surface area contributed by atoms with Crippen LogP contribution in [0.2, 0.25) is 0 Å². The lowest BCUT2D eigenvalue weighted by Gasteiger charge is -2.30. The molecule has 3 rings (SSSR count). The maximum absolute atomic E-state index is 9.10. The molecule has 1 aliphatic heterocycles. The highest BCUT2D eigenvalue weighted by Crippen LogP contribution is 2.25. The van der Waals surface area contributed by atoms with Crippen LogP contribution < -0.4 is 14.8 Å². The van der Waals surface area contributed by atoms with E-state index < -0.39 is 11.9 Å². The Bertz CT molecular complexity index is 794. The van der Waals surface area contributed by atoms with Gasteiger partial charge >= 0.3 is 11.9 Å². The summed E-state index contributed by atoms with van der Waals surface area (Å²) in [5.41, 5.74) is 1.17. The number of carboxylic acids is 2. The number of carboxylic acid groups (broad SMARTS) is 2. The summed E-state index contributed by atoms with van der Waals surface area (Å²) in [5, 5.41) is 18.1. The summed E-state index contributed by atoms with van der Waals surface area (Å²) in [6.45, 7) is 3.24. The summed E-state index contributed by atoms with van der Waals surface area (Å²) in [7, 11) is 1.64. The standard InChI is InChI=1S/C20H25NO4.C2H2O4/c1-22-18-9-5-6-10-19(18)23-12-11-21-13-17-14-25-20(15-24-17)16-7-3-2-4-8-16;3-1(4)2(5)6/h2-10,17,20-21H,11-15H2,1H3;(H,3,4)(H,5,6)/t17-,20-;/m1./s1. The zero-order valence-corrected chi connectivity index (χ0v) is 17.2. The molecular weight excluding hydrogens is 406 g/mol. The average molecular weight is 433 g/mol. The number of aliphatic carboxylic acids is 2. The third kappa shape index (κ3) is 8.63. The molecule has 0 aliphatic carbocycles. The highest BCUT2D eigenvalue weighted by Gasteiger charge is 2.23. The summed E-state index contributed by atoms with van der Waals surface area (Å²) < 4.78 is 22.8. The second-order valence-corrected chi connectivity index (χ2v) is 6.50. The van der Waals surface area contributed by atoms with E-state index in [1.807, 2.05) is 42.5 Å². The number of hydrogen-bond acceptors (Lipinski definition) is 7. The molecule has 0 bridgehead atoms. The molecule has 0 saturated carbocycles. The number of nitrogens with one attached hydrogen (secondary N) is 1. The average Bonchev–Trinajstić information content (AvgIpc) is 2.80. The summed E-state index contributed by atoms with van der Waals surface area (Å²) in [4.78, 5) is 18.2. The molecule has 9 nitrogen and oxygen atoms in total. The Kier molecular flexibility index (Phi) is 10.3. The Morgan fingerprint density at radius 1 is 0.968 bits per heavy atom. The Labute approximate surface area is 180 Å². The van der Waals surface area contributed by atoms with Gasteiger partial charge in [0, 0.05) is 13.1 Å². The van der Waals surface area contributed by atoms with E-state index in [0.717, 1.165) is 24.6 Å². The lowest BCUT2D eigenvalue weighted by molar-refractivity contribution is -0.159. The molecule has 3 N–H and O–H groups in total. The first-order valence-electron chi connectivity index (χ1n) is 9.72. The molecule has 1 heterocycles. The molecule has 2 aromatic rings. The van der Waals surface area contributed by atoms with Crippen LogP contribution >= 0.6 is 0 Å². The van der Waals surface area contributed by atoms with E-state index in [0.29, 0.717) is 19.8 Å². The largest absolute Gasteiger partial charge is 0.493 e. The van der Waals surface area contributed by atoms with Crippen LogP contribution in [0.15, 0.2) is 54.6 Å². The lowest BCUT2D eigenvalue weighted by Crippen LogP contribution is -2.39. The van der Waals surface area contributed by atoms with E-state index in [1.165, 1.54) is 5.56 Å². The van der Waals surface area contributed by atoms with Crippen LogP contribution in [-0.2, 0) is 19.1 Å². The normalized spacial score (nSPS) is 17.7. The molecule has 0 spiro atoms. The number of carbonyl (C=O) groups is 2. The fourth-order valence-corrected chi connectivity index (χ4v) is 2.76. The predicted octanol–water partition coefficient (Wildman–Crippen LogP) is 1.98. The van der Waals surface area contributed by atoms with Crippen LogP contribution in [-0.4, -0.2) is 68.3 Å². The van der Waals surface area contributed by atoms with Gasteiger partial charge in [0.05, 0.1) is 26.4 Å². The number of benzene rings is 2. The van der Waals surface area contributed by atoms with Gasteiger partial charge < -0.3 is 34.5 Å². The SMILES string of the molecule is COc1ccccc1OCCNC[C@@H]1CO[C@@H](c2ccccc2)CO1.O=C(O)C(=O)O. The number of para-hydroxylation sites is 2. The molecule has 0 unspecified atom stereocenters. The van der Waals surface area contributed by atoms with Crippen LogP contribution in [0.4, 0.5) is 0 Å². The zero-order chi connectivity index (χ0) is 22.5. The summed E-state index contributed by atoms with van der Waals surface area (Å²) in [6, 6.07) is 17.8. The Morgan fingerprint density at radius 2 is 1.61 bits per heavy atom. The number of ether oxygens (including phenoxy) is 4. The molecule has 168 valence electrons. The molecule has 1 saturated heterocycles. The van der Waals surface area contributed by atoms with E-state index in [2.05, 4.69) is 17.4 Å². The van der Waals surface area contributed by atoms with Crippen molar-refractivity contribution in [3.8, 4) is 11.5 Å². The summed E-state index contributed by atoms with van der Waals surface area (Å²) in [6.07, 6.45) is 0.109. The molecule has 0 radical (unpaired) electrons. The number of rotatable bonds is 8. The minimum Gasteiger partial charge on any atom is -0.493 e. The molecule has 1 fully saturated rings. The highest BCUT2D eigenvalue weighted by molar-refractivity contribution is 6.27. The molecule has 0 aromatic heterocycles. The summed E-state index contributed by atoms with van der Waals surface area (Å²) in [5.74, 6) is -2.14. The maximum Gasteiger partial charge on any atom is 0.414 e. The smallest absolute Gasteiger partial charge is 0.414 e.